The standard InChI is InChI=1S/C46H66N4O18S/c1-44(2,3)66-37(57)20-19-35(65-25-51)50-43(64)49-31(41(62)68-46(7,8)9)17-18-34(54)47-30(40(61)67-45(4,5)6)16-15-28(52)22-27(23-36(55)56)38(58)48-32(21-26-13-11-10-12-14-26)33(53)24-29(39(59)60)42(63)69/h10-14,25,27,29-32,35H,15-24H2,1-9H3,(H,47,54)(H,48,58)(H,55,56)(H,59,60)(H,63,69)(H2,49,50,64)/t27-,29+,30-,31-,32-,35+/m0/s1. The summed E-state index contributed by atoms with van der Waals surface area (Å²) in [5.74, 6) is -12.6. The molecule has 1 rings (SSSR count). The van der Waals surface area contributed by atoms with Crippen LogP contribution in [0.2, 0.25) is 0 Å². The number of aliphatic carboxylic acids is 2. The van der Waals surface area contributed by atoms with Gasteiger partial charge in [0, 0.05) is 32.1 Å². The number of nitrogens with one attached hydrogen (secondary N) is 4. The molecule has 0 spiro atoms. The first-order valence-electron chi connectivity index (χ1n) is 22.0. The third-order valence-electron chi connectivity index (χ3n) is 9.19. The van der Waals surface area contributed by atoms with Crippen molar-refractivity contribution in [3.63, 3.8) is 0 Å². The van der Waals surface area contributed by atoms with Crippen molar-refractivity contribution in [1.29, 1.82) is 0 Å². The normalized spacial score (nSPS) is 14.1. The largest absolute Gasteiger partial charge is 0.481 e. The van der Waals surface area contributed by atoms with Crippen LogP contribution in [0.5, 0.6) is 0 Å². The summed E-state index contributed by atoms with van der Waals surface area (Å²) in [4.78, 5) is 152. The number of ether oxygens (including phenoxy) is 4. The van der Waals surface area contributed by atoms with Crippen LogP contribution >= 0.6 is 12.6 Å². The van der Waals surface area contributed by atoms with Crippen LogP contribution in [-0.4, -0.2) is 122 Å². The van der Waals surface area contributed by atoms with Gasteiger partial charge < -0.3 is 50.4 Å². The van der Waals surface area contributed by atoms with Crippen LogP contribution < -0.4 is 21.3 Å². The monoisotopic (exact) mass is 994 g/mol. The van der Waals surface area contributed by atoms with E-state index in [1.165, 1.54) is 0 Å². The van der Waals surface area contributed by atoms with Crippen molar-refractivity contribution in [3.8, 4) is 0 Å². The lowest BCUT2D eigenvalue weighted by atomic mass is 9.92. The number of rotatable bonds is 29. The van der Waals surface area contributed by atoms with E-state index in [1.807, 2.05) is 0 Å². The van der Waals surface area contributed by atoms with Gasteiger partial charge in [-0.15, -0.1) is 12.6 Å². The molecule has 22 nitrogen and oxygen atoms in total. The minimum atomic E-state index is -1.84. The number of esters is 3. The summed E-state index contributed by atoms with van der Waals surface area (Å²) >= 11 is 3.55. The predicted molar refractivity (Wildman–Crippen MR) is 246 cm³/mol. The summed E-state index contributed by atoms with van der Waals surface area (Å²) in [6.45, 7) is 14.3. The molecule has 0 unspecified atom stereocenters. The summed E-state index contributed by atoms with van der Waals surface area (Å²) < 4.78 is 21.0. The number of carboxylic acids is 2. The Labute approximate surface area is 405 Å². The molecular formula is C46H66N4O18S. The van der Waals surface area contributed by atoms with Gasteiger partial charge in [0.25, 0.3) is 6.47 Å². The minimum Gasteiger partial charge on any atom is -0.481 e. The van der Waals surface area contributed by atoms with Gasteiger partial charge in [0.05, 0.1) is 24.8 Å². The maximum atomic E-state index is 13.6. The molecule has 0 radical (unpaired) electrons. The molecule has 1 aromatic carbocycles. The number of Topliss-reactive ketones (excluding diaryl/α,β-unsaturated/α-hetero) is 2. The number of ketones is 2. The van der Waals surface area contributed by atoms with Crippen LogP contribution in [0.1, 0.15) is 126 Å². The first kappa shape index (κ1) is 60.6. The van der Waals surface area contributed by atoms with E-state index in [0.717, 1.165) is 0 Å². The number of carbonyl (C=O) groups is 12. The predicted octanol–water partition coefficient (Wildman–Crippen LogP) is 2.90. The average molecular weight is 995 g/mol. The number of benzene rings is 1. The van der Waals surface area contributed by atoms with E-state index in [9.17, 15) is 67.7 Å². The number of urea groups is 1. The maximum absolute atomic E-state index is 13.6. The molecule has 69 heavy (non-hydrogen) atoms. The number of thiol groups is 1. The second kappa shape index (κ2) is 28.2. The summed E-state index contributed by atoms with van der Waals surface area (Å²) in [5, 5.41) is 27.6. The Balaban J connectivity index is 3.25. The Morgan fingerprint density at radius 2 is 1.17 bits per heavy atom. The highest BCUT2D eigenvalue weighted by atomic mass is 32.1. The smallest absolute Gasteiger partial charge is 0.329 e. The molecular weight excluding hydrogens is 929 g/mol. The lowest BCUT2D eigenvalue weighted by Gasteiger charge is -2.26. The summed E-state index contributed by atoms with van der Waals surface area (Å²) in [5.41, 5.74) is -2.41. The molecule has 0 aliphatic heterocycles. The third-order valence-corrected chi connectivity index (χ3v) is 9.50. The lowest BCUT2D eigenvalue weighted by molar-refractivity contribution is -0.160. The van der Waals surface area contributed by atoms with Gasteiger partial charge in [-0.3, -0.25) is 43.2 Å². The molecule has 0 saturated heterocycles. The molecule has 0 saturated carbocycles. The van der Waals surface area contributed by atoms with E-state index in [4.69, 9.17) is 18.9 Å². The van der Waals surface area contributed by atoms with Gasteiger partial charge in [0.2, 0.25) is 16.9 Å². The van der Waals surface area contributed by atoms with E-state index in [2.05, 4.69) is 33.9 Å². The molecule has 0 aliphatic rings. The zero-order valence-corrected chi connectivity index (χ0v) is 41.3. The first-order chi connectivity index (χ1) is 31.8. The highest BCUT2D eigenvalue weighted by Crippen LogP contribution is 2.19. The van der Waals surface area contributed by atoms with E-state index >= 15 is 0 Å². The summed E-state index contributed by atoms with van der Waals surface area (Å²) in [7, 11) is 0. The molecule has 6 N–H and O–H groups in total. The lowest BCUT2D eigenvalue weighted by Crippen LogP contribution is -2.51. The quantitative estimate of drug-likeness (QED) is 0.0151. The summed E-state index contributed by atoms with van der Waals surface area (Å²) in [6, 6.07) is 2.69. The maximum Gasteiger partial charge on any atom is 0.329 e. The minimum absolute atomic E-state index is 0.0431. The van der Waals surface area contributed by atoms with E-state index < -0.39 is 162 Å². The Bertz CT molecular complexity index is 1990. The Morgan fingerprint density at radius 1 is 0.638 bits per heavy atom. The molecule has 4 amide bonds. The van der Waals surface area contributed by atoms with Crippen molar-refractivity contribution >= 4 is 83.5 Å². The highest BCUT2D eigenvalue weighted by molar-refractivity contribution is 7.96. The van der Waals surface area contributed by atoms with Gasteiger partial charge in [-0.2, -0.15) is 0 Å². The van der Waals surface area contributed by atoms with Crippen molar-refractivity contribution in [2.24, 2.45) is 11.8 Å². The van der Waals surface area contributed by atoms with Gasteiger partial charge >= 0.3 is 35.9 Å². The molecule has 0 fully saturated rings. The van der Waals surface area contributed by atoms with E-state index in [1.54, 1.807) is 92.6 Å². The Hall–Kier alpha value is -6.39. The van der Waals surface area contributed by atoms with Crippen molar-refractivity contribution in [2.75, 3.05) is 0 Å². The van der Waals surface area contributed by atoms with Crippen molar-refractivity contribution in [3.05, 3.63) is 35.9 Å². The summed E-state index contributed by atoms with van der Waals surface area (Å²) in [6.07, 6.45) is -6.27. The average Bonchev–Trinajstić information content (AvgIpc) is 3.19. The van der Waals surface area contributed by atoms with Crippen LogP contribution in [0.4, 0.5) is 4.79 Å². The molecule has 0 heterocycles. The molecule has 384 valence electrons. The first-order valence-corrected chi connectivity index (χ1v) is 22.4. The second-order valence-electron chi connectivity index (χ2n) is 19.0. The highest BCUT2D eigenvalue weighted by Gasteiger charge is 2.35. The Kier molecular flexibility index (Phi) is 24.8. The fourth-order valence-corrected chi connectivity index (χ4v) is 6.38. The van der Waals surface area contributed by atoms with Gasteiger partial charge in [0.15, 0.2) is 12.0 Å². The second-order valence-corrected chi connectivity index (χ2v) is 19.4. The van der Waals surface area contributed by atoms with Gasteiger partial charge in [-0.25, -0.2) is 14.4 Å². The zero-order chi connectivity index (χ0) is 52.9. The third kappa shape index (κ3) is 26.7. The zero-order valence-electron chi connectivity index (χ0n) is 40.4. The SMILES string of the molecule is CC(C)(C)OC(=O)CC[C@H](NC(=O)N[C@@H](CCC(=O)N[C@@H](CCC(=O)C[C@@H](CC(=O)O)C(=O)N[C@@H](Cc1ccccc1)C(=O)C[C@H](C(=O)O)C(=O)S)C(=O)OC(C)(C)C)C(=O)OC(C)(C)C)OC=O. The molecule has 1 aromatic rings. The van der Waals surface area contributed by atoms with Crippen molar-refractivity contribution < 1.29 is 86.7 Å². The van der Waals surface area contributed by atoms with Crippen LogP contribution in [0.3, 0.4) is 0 Å². The van der Waals surface area contributed by atoms with Gasteiger partial charge in [0.1, 0.15) is 40.6 Å². The number of amides is 4. The topological polar surface area (TPSA) is 330 Å². The van der Waals surface area contributed by atoms with Gasteiger partial charge in [-0.1, -0.05) is 30.3 Å². The molecule has 0 aliphatic carbocycles. The molecule has 23 heteroatoms. The Morgan fingerprint density at radius 3 is 1.67 bits per heavy atom. The number of hydrogen-bond acceptors (Lipinski definition) is 16. The van der Waals surface area contributed by atoms with Crippen LogP contribution in [-0.2, 0) is 78.1 Å². The van der Waals surface area contributed by atoms with E-state index in [-0.39, 0.29) is 25.7 Å². The van der Waals surface area contributed by atoms with E-state index in [0.29, 0.717) is 5.56 Å². The fourth-order valence-electron chi connectivity index (χ4n) is 6.17. The van der Waals surface area contributed by atoms with Crippen molar-refractivity contribution in [2.45, 2.75) is 168 Å². The number of hydrogen-bond donors (Lipinski definition) is 7. The number of carboxylic acid groups (broad SMARTS) is 2. The number of carbonyl (C=O) groups excluding carboxylic acids is 10. The van der Waals surface area contributed by atoms with Crippen LogP contribution in [0.15, 0.2) is 30.3 Å². The van der Waals surface area contributed by atoms with Crippen LogP contribution in [0.25, 0.3) is 0 Å². The van der Waals surface area contributed by atoms with Crippen LogP contribution in [0, 0.1) is 11.8 Å². The molecule has 0 aromatic heterocycles. The molecule has 0 bridgehead atoms. The van der Waals surface area contributed by atoms with Crippen molar-refractivity contribution in [1.82, 2.24) is 21.3 Å². The van der Waals surface area contributed by atoms with Gasteiger partial charge in [-0.05, 0) is 87.1 Å². The fraction of sp³-hybridized carbons (Fsp3) is 0.609. The molecule has 6 atom stereocenters.